The highest BCUT2D eigenvalue weighted by molar-refractivity contribution is 5.51. The lowest BCUT2D eigenvalue weighted by Gasteiger charge is -2.35. The Morgan fingerprint density at radius 2 is 1.80 bits per heavy atom. The van der Waals surface area contributed by atoms with Crippen molar-refractivity contribution < 1.29 is 8.78 Å². The van der Waals surface area contributed by atoms with Crippen LogP contribution in [-0.2, 0) is 0 Å². The second-order valence-corrected chi connectivity index (χ2v) is 5.87. The Bertz CT molecular complexity index is 497. The molecule has 1 N–H and O–H groups in total. The third-order valence-electron chi connectivity index (χ3n) is 4.18. The maximum Gasteiger partial charge on any atom is 0.150 e. The van der Waals surface area contributed by atoms with Crippen molar-refractivity contribution in [2.24, 2.45) is 11.8 Å². The Labute approximate surface area is 118 Å². The summed E-state index contributed by atoms with van der Waals surface area (Å²) < 4.78 is 27.9. The molecule has 1 aromatic carbocycles. The minimum Gasteiger partial charge on any atom is -0.377 e. The van der Waals surface area contributed by atoms with E-state index in [1.807, 2.05) is 0 Å². The lowest BCUT2D eigenvalue weighted by molar-refractivity contribution is 0.253. The Morgan fingerprint density at radius 1 is 1.20 bits per heavy atom. The molecular formula is C16H20F2N2. The van der Waals surface area contributed by atoms with Gasteiger partial charge in [-0.15, -0.1) is 0 Å². The van der Waals surface area contributed by atoms with Crippen molar-refractivity contribution in [3.8, 4) is 6.07 Å². The number of nitriles is 1. The second-order valence-electron chi connectivity index (χ2n) is 5.87. The summed E-state index contributed by atoms with van der Waals surface area (Å²) in [4.78, 5) is 0. The predicted molar refractivity (Wildman–Crippen MR) is 75.3 cm³/mol. The van der Waals surface area contributed by atoms with E-state index in [1.165, 1.54) is 6.42 Å². The maximum atomic E-state index is 13.9. The van der Waals surface area contributed by atoms with Gasteiger partial charge >= 0.3 is 0 Å². The molecule has 1 aromatic rings. The number of rotatable bonds is 3. The van der Waals surface area contributed by atoms with Gasteiger partial charge in [-0.2, -0.15) is 5.26 Å². The first-order valence-corrected chi connectivity index (χ1v) is 7.18. The van der Waals surface area contributed by atoms with Crippen molar-refractivity contribution in [2.45, 2.75) is 45.6 Å². The van der Waals surface area contributed by atoms with E-state index in [9.17, 15) is 8.78 Å². The SMILES string of the molecule is CC(C)C1CCCCC1Nc1c(F)cc(C#N)cc1F. The summed E-state index contributed by atoms with van der Waals surface area (Å²) >= 11 is 0. The van der Waals surface area contributed by atoms with Gasteiger partial charge in [-0.3, -0.25) is 0 Å². The molecule has 0 heterocycles. The Balaban J connectivity index is 2.23. The molecule has 1 saturated carbocycles. The first-order valence-electron chi connectivity index (χ1n) is 7.18. The molecule has 108 valence electrons. The topological polar surface area (TPSA) is 35.8 Å². The van der Waals surface area contributed by atoms with Gasteiger partial charge in [-0.05, 0) is 36.8 Å². The highest BCUT2D eigenvalue weighted by Crippen LogP contribution is 2.33. The fraction of sp³-hybridized carbons (Fsp3) is 0.562. The van der Waals surface area contributed by atoms with E-state index >= 15 is 0 Å². The molecule has 0 saturated heterocycles. The van der Waals surface area contributed by atoms with Crippen LogP contribution in [0.3, 0.4) is 0 Å². The van der Waals surface area contributed by atoms with Crippen molar-refractivity contribution in [3.63, 3.8) is 0 Å². The van der Waals surface area contributed by atoms with Crippen LogP contribution in [0, 0.1) is 34.8 Å². The quantitative estimate of drug-likeness (QED) is 0.885. The fourth-order valence-corrected chi connectivity index (χ4v) is 3.10. The van der Waals surface area contributed by atoms with Gasteiger partial charge in [0.05, 0.1) is 11.6 Å². The average Bonchev–Trinajstić information content (AvgIpc) is 2.42. The molecule has 0 spiro atoms. The predicted octanol–water partition coefficient (Wildman–Crippen LogP) is 4.46. The summed E-state index contributed by atoms with van der Waals surface area (Å²) in [5.74, 6) is -0.459. The summed E-state index contributed by atoms with van der Waals surface area (Å²) in [5, 5.41) is 11.8. The van der Waals surface area contributed by atoms with E-state index in [4.69, 9.17) is 5.26 Å². The van der Waals surface area contributed by atoms with Gasteiger partial charge in [0.2, 0.25) is 0 Å². The third-order valence-corrected chi connectivity index (χ3v) is 4.18. The zero-order chi connectivity index (χ0) is 14.7. The first-order chi connectivity index (χ1) is 9.52. The van der Waals surface area contributed by atoms with Crippen LogP contribution in [-0.4, -0.2) is 6.04 Å². The van der Waals surface area contributed by atoms with Crippen LogP contribution in [0.2, 0.25) is 0 Å². The molecule has 1 aliphatic rings. The zero-order valence-corrected chi connectivity index (χ0v) is 11.9. The number of nitrogens with one attached hydrogen (secondary N) is 1. The summed E-state index contributed by atoms with van der Waals surface area (Å²) in [6, 6.07) is 4.02. The molecule has 0 aliphatic heterocycles. The molecule has 0 radical (unpaired) electrons. The van der Waals surface area contributed by atoms with Gasteiger partial charge in [0.25, 0.3) is 0 Å². The smallest absolute Gasteiger partial charge is 0.150 e. The van der Waals surface area contributed by atoms with Crippen LogP contribution >= 0.6 is 0 Å². The summed E-state index contributed by atoms with van der Waals surface area (Å²) in [6.45, 7) is 4.30. The van der Waals surface area contributed by atoms with E-state index < -0.39 is 11.6 Å². The van der Waals surface area contributed by atoms with Gasteiger partial charge in [0.1, 0.15) is 5.69 Å². The molecule has 0 bridgehead atoms. The van der Waals surface area contributed by atoms with E-state index in [0.29, 0.717) is 11.8 Å². The van der Waals surface area contributed by atoms with Crippen LogP contribution in [0.5, 0.6) is 0 Å². The molecule has 2 rings (SSSR count). The van der Waals surface area contributed by atoms with Crippen LogP contribution in [0.4, 0.5) is 14.5 Å². The largest absolute Gasteiger partial charge is 0.377 e. The molecule has 2 atom stereocenters. The second kappa shape index (κ2) is 6.21. The van der Waals surface area contributed by atoms with Gasteiger partial charge in [-0.1, -0.05) is 26.7 Å². The van der Waals surface area contributed by atoms with E-state index in [1.54, 1.807) is 6.07 Å². The van der Waals surface area contributed by atoms with E-state index in [2.05, 4.69) is 19.2 Å². The van der Waals surface area contributed by atoms with Gasteiger partial charge in [0.15, 0.2) is 11.6 Å². The van der Waals surface area contributed by atoms with E-state index in [-0.39, 0.29) is 17.3 Å². The summed E-state index contributed by atoms with van der Waals surface area (Å²) in [7, 11) is 0. The Kier molecular flexibility index (Phi) is 4.59. The van der Waals surface area contributed by atoms with Crippen molar-refractivity contribution in [3.05, 3.63) is 29.3 Å². The molecule has 2 unspecified atom stereocenters. The summed E-state index contributed by atoms with van der Waals surface area (Å²) in [6.07, 6.45) is 4.29. The standard InChI is InChI=1S/C16H20F2N2/c1-10(2)12-5-3-4-6-15(12)20-16-13(17)7-11(9-19)8-14(16)18/h7-8,10,12,15,20H,3-6H2,1-2H3. The maximum absolute atomic E-state index is 13.9. The van der Waals surface area contributed by atoms with Crippen molar-refractivity contribution in [1.29, 1.82) is 5.26 Å². The van der Waals surface area contributed by atoms with Gasteiger partial charge < -0.3 is 5.32 Å². The molecule has 4 heteroatoms. The summed E-state index contributed by atoms with van der Waals surface area (Å²) in [5.41, 5.74) is -0.0869. The normalized spacial score (nSPS) is 22.6. The number of nitrogens with zero attached hydrogens (tertiary/aromatic N) is 1. The Morgan fingerprint density at radius 3 is 2.35 bits per heavy atom. The number of anilines is 1. The number of hydrogen-bond acceptors (Lipinski definition) is 2. The molecule has 20 heavy (non-hydrogen) atoms. The van der Waals surface area contributed by atoms with Crippen LogP contribution in [0.25, 0.3) is 0 Å². The van der Waals surface area contributed by atoms with Gasteiger partial charge in [-0.25, -0.2) is 8.78 Å². The molecule has 1 aliphatic carbocycles. The lowest BCUT2D eigenvalue weighted by Crippen LogP contribution is -2.35. The van der Waals surface area contributed by atoms with Crippen molar-refractivity contribution in [1.82, 2.24) is 0 Å². The Hall–Kier alpha value is -1.63. The highest BCUT2D eigenvalue weighted by atomic mass is 19.1. The minimum absolute atomic E-state index is 0.00889. The first kappa shape index (κ1) is 14.8. The van der Waals surface area contributed by atoms with Crippen molar-refractivity contribution in [2.75, 3.05) is 5.32 Å². The molecule has 0 amide bonds. The lowest BCUT2D eigenvalue weighted by atomic mass is 9.77. The van der Waals surface area contributed by atoms with Gasteiger partial charge in [0, 0.05) is 6.04 Å². The van der Waals surface area contributed by atoms with Crippen LogP contribution < -0.4 is 5.32 Å². The van der Waals surface area contributed by atoms with Crippen LogP contribution in [0.15, 0.2) is 12.1 Å². The van der Waals surface area contributed by atoms with E-state index in [0.717, 1.165) is 31.4 Å². The molecular weight excluding hydrogens is 258 g/mol. The molecule has 0 aromatic heterocycles. The minimum atomic E-state index is -0.686. The monoisotopic (exact) mass is 278 g/mol. The molecule has 1 fully saturated rings. The van der Waals surface area contributed by atoms with Crippen LogP contribution in [0.1, 0.15) is 45.1 Å². The zero-order valence-electron chi connectivity index (χ0n) is 11.9. The van der Waals surface area contributed by atoms with Crippen molar-refractivity contribution >= 4 is 5.69 Å². The molecule has 2 nitrogen and oxygen atoms in total. The number of benzene rings is 1. The number of hydrogen-bond donors (Lipinski definition) is 1. The highest BCUT2D eigenvalue weighted by Gasteiger charge is 2.28. The average molecular weight is 278 g/mol. The number of halogens is 2. The fourth-order valence-electron chi connectivity index (χ4n) is 3.10. The third kappa shape index (κ3) is 3.09.